The molecule has 0 fully saturated rings. The molecule has 0 atom stereocenters. The molecular weight excluding hydrogens is 389 g/mol. The van der Waals surface area contributed by atoms with Crippen LogP contribution in [0.4, 0.5) is 0 Å². The van der Waals surface area contributed by atoms with E-state index in [4.69, 9.17) is 23.2 Å². The fourth-order valence-electron chi connectivity index (χ4n) is 2.19. The van der Waals surface area contributed by atoms with Crippen molar-refractivity contribution in [2.24, 2.45) is 0 Å². The van der Waals surface area contributed by atoms with E-state index >= 15 is 0 Å². The van der Waals surface area contributed by atoms with Crippen molar-refractivity contribution in [1.82, 2.24) is 16.2 Å². The molecule has 0 heterocycles. The van der Waals surface area contributed by atoms with Crippen LogP contribution in [0.2, 0.25) is 10.0 Å². The third-order valence-corrected chi connectivity index (χ3v) is 4.10. The van der Waals surface area contributed by atoms with E-state index in [0.29, 0.717) is 28.6 Å². The van der Waals surface area contributed by atoms with Crippen LogP contribution in [0.25, 0.3) is 0 Å². The number of amides is 3. The summed E-state index contributed by atoms with van der Waals surface area (Å²) in [5.41, 5.74) is 5.99. The second-order valence-corrected chi connectivity index (χ2v) is 6.64. The lowest BCUT2D eigenvalue weighted by atomic mass is 10.1. The van der Waals surface area contributed by atoms with Crippen LogP contribution >= 0.6 is 23.2 Å². The molecule has 0 radical (unpaired) electrons. The van der Waals surface area contributed by atoms with Gasteiger partial charge in [-0.2, -0.15) is 0 Å². The highest BCUT2D eigenvalue weighted by Crippen LogP contribution is 2.10. The smallest absolute Gasteiger partial charge is 0.251 e. The third-order valence-electron chi connectivity index (χ3n) is 3.59. The van der Waals surface area contributed by atoms with E-state index in [1.165, 1.54) is 0 Å². The number of carbonyl (C=O) groups excluding carboxylic acids is 3. The summed E-state index contributed by atoms with van der Waals surface area (Å²) in [5, 5.41) is 3.87. The molecule has 0 saturated carbocycles. The van der Waals surface area contributed by atoms with E-state index in [0.717, 1.165) is 5.56 Å². The molecule has 3 amide bonds. The van der Waals surface area contributed by atoms with Crippen molar-refractivity contribution in [3.8, 4) is 0 Å². The maximum absolute atomic E-state index is 11.9. The third kappa shape index (κ3) is 7.68. The summed E-state index contributed by atoms with van der Waals surface area (Å²) < 4.78 is 0. The van der Waals surface area contributed by atoms with Gasteiger partial charge in [-0.1, -0.05) is 35.3 Å². The van der Waals surface area contributed by atoms with Gasteiger partial charge in [0.15, 0.2) is 0 Å². The van der Waals surface area contributed by atoms with Crippen molar-refractivity contribution in [3.05, 3.63) is 69.7 Å². The van der Waals surface area contributed by atoms with Crippen molar-refractivity contribution in [2.75, 3.05) is 6.54 Å². The van der Waals surface area contributed by atoms with Gasteiger partial charge in [0.05, 0.1) is 6.42 Å². The lowest BCUT2D eigenvalue weighted by molar-refractivity contribution is -0.128. The lowest BCUT2D eigenvalue weighted by Crippen LogP contribution is -2.42. The van der Waals surface area contributed by atoms with E-state index in [9.17, 15) is 14.4 Å². The largest absolute Gasteiger partial charge is 0.352 e. The fourth-order valence-corrected chi connectivity index (χ4v) is 2.44. The average Bonchev–Trinajstić information content (AvgIpc) is 2.66. The Balaban J connectivity index is 1.60. The molecular formula is C19H19Cl2N3O3. The minimum absolute atomic E-state index is 0.134. The Morgan fingerprint density at radius 1 is 0.778 bits per heavy atom. The quantitative estimate of drug-likeness (QED) is 0.486. The van der Waals surface area contributed by atoms with Crippen molar-refractivity contribution >= 4 is 40.9 Å². The highest BCUT2D eigenvalue weighted by molar-refractivity contribution is 6.30. The first-order chi connectivity index (χ1) is 12.9. The number of hydrazine groups is 1. The molecule has 0 saturated heterocycles. The zero-order valence-corrected chi connectivity index (χ0v) is 15.9. The highest BCUT2D eigenvalue weighted by atomic mass is 35.5. The molecule has 2 rings (SSSR count). The summed E-state index contributed by atoms with van der Waals surface area (Å²) in [5.74, 6) is -0.898. The molecule has 0 spiro atoms. The van der Waals surface area contributed by atoms with E-state index in [1.54, 1.807) is 48.5 Å². The van der Waals surface area contributed by atoms with Crippen LogP contribution in [-0.2, 0) is 16.0 Å². The number of rotatable bonds is 7. The Labute approximate surface area is 167 Å². The second-order valence-electron chi connectivity index (χ2n) is 5.77. The van der Waals surface area contributed by atoms with E-state index < -0.39 is 0 Å². The van der Waals surface area contributed by atoms with Crippen molar-refractivity contribution in [1.29, 1.82) is 0 Å². The predicted molar refractivity (Wildman–Crippen MR) is 104 cm³/mol. The number of hydrogen-bond donors (Lipinski definition) is 3. The van der Waals surface area contributed by atoms with Crippen LogP contribution in [0.15, 0.2) is 48.5 Å². The van der Waals surface area contributed by atoms with Crippen LogP contribution in [0.3, 0.4) is 0 Å². The number of hydrogen-bond acceptors (Lipinski definition) is 3. The van der Waals surface area contributed by atoms with Gasteiger partial charge in [-0.05, 0) is 48.4 Å². The van der Waals surface area contributed by atoms with Crippen LogP contribution in [0, 0.1) is 0 Å². The van der Waals surface area contributed by atoms with Crippen molar-refractivity contribution < 1.29 is 14.4 Å². The number of benzene rings is 2. The molecule has 0 aliphatic heterocycles. The minimum Gasteiger partial charge on any atom is -0.352 e. The van der Waals surface area contributed by atoms with Gasteiger partial charge in [-0.15, -0.1) is 0 Å². The van der Waals surface area contributed by atoms with Crippen LogP contribution in [-0.4, -0.2) is 24.3 Å². The monoisotopic (exact) mass is 407 g/mol. The van der Waals surface area contributed by atoms with Gasteiger partial charge < -0.3 is 5.32 Å². The number of nitrogens with one attached hydrogen (secondary N) is 3. The summed E-state index contributed by atoms with van der Waals surface area (Å²) >= 11 is 11.6. The molecule has 0 unspecified atom stereocenters. The molecule has 0 bridgehead atoms. The van der Waals surface area contributed by atoms with Gasteiger partial charge in [-0.25, -0.2) is 0 Å². The first kappa shape index (κ1) is 20.7. The maximum atomic E-state index is 11.9. The lowest BCUT2D eigenvalue weighted by Gasteiger charge is -2.08. The Morgan fingerprint density at radius 2 is 1.33 bits per heavy atom. The molecule has 2 aromatic carbocycles. The Morgan fingerprint density at radius 3 is 1.96 bits per heavy atom. The second kappa shape index (κ2) is 10.5. The summed E-state index contributed by atoms with van der Waals surface area (Å²) in [4.78, 5) is 35.4. The standard InChI is InChI=1S/C19H19Cl2N3O3/c20-15-7-3-13(4-8-15)12-18(26)24-23-17(25)2-1-11-22-19(27)14-5-9-16(21)10-6-14/h3-10H,1-2,11-12H2,(H,22,27)(H,23,25)(H,24,26). The average molecular weight is 408 g/mol. The Hall–Kier alpha value is -2.57. The Kier molecular flexibility index (Phi) is 8.10. The van der Waals surface area contributed by atoms with Gasteiger partial charge in [-0.3, -0.25) is 25.2 Å². The van der Waals surface area contributed by atoms with E-state index in [2.05, 4.69) is 16.2 Å². The van der Waals surface area contributed by atoms with Crippen LogP contribution in [0.1, 0.15) is 28.8 Å². The Bertz CT molecular complexity index is 793. The van der Waals surface area contributed by atoms with Gasteiger partial charge in [0, 0.05) is 28.6 Å². The first-order valence-corrected chi connectivity index (χ1v) is 9.05. The number of carbonyl (C=O) groups is 3. The summed E-state index contributed by atoms with van der Waals surface area (Å²) in [6, 6.07) is 13.4. The summed E-state index contributed by atoms with van der Waals surface area (Å²) in [7, 11) is 0. The molecule has 6 nitrogen and oxygen atoms in total. The summed E-state index contributed by atoms with van der Waals surface area (Å²) in [6.07, 6.45) is 0.745. The SMILES string of the molecule is O=C(CCCNC(=O)c1ccc(Cl)cc1)NNC(=O)Cc1ccc(Cl)cc1. The minimum atomic E-state index is -0.333. The zero-order chi connectivity index (χ0) is 19.6. The zero-order valence-electron chi connectivity index (χ0n) is 14.4. The molecule has 27 heavy (non-hydrogen) atoms. The molecule has 3 N–H and O–H groups in total. The normalized spacial score (nSPS) is 10.1. The highest BCUT2D eigenvalue weighted by Gasteiger charge is 2.07. The van der Waals surface area contributed by atoms with Crippen molar-refractivity contribution in [2.45, 2.75) is 19.3 Å². The van der Waals surface area contributed by atoms with Crippen LogP contribution in [0.5, 0.6) is 0 Å². The summed E-state index contributed by atoms with van der Waals surface area (Å²) in [6.45, 7) is 0.341. The van der Waals surface area contributed by atoms with E-state index in [-0.39, 0.29) is 30.6 Å². The topological polar surface area (TPSA) is 87.3 Å². The van der Waals surface area contributed by atoms with Gasteiger partial charge in [0.25, 0.3) is 5.91 Å². The predicted octanol–water partition coefficient (Wildman–Crippen LogP) is 2.89. The van der Waals surface area contributed by atoms with Crippen molar-refractivity contribution in [3.63, 3.8) is 0 Å². The molecule has 0 aliphatic carbocycles. The molecule has 0 aliphatic rings. The van der Waals surface area contributed by atoms with Gasteiger partial charge in [0.2, 0.25) is 11.8 Å². The van der Waals surface area contributed by atoms with E-state index in [1.807, 2.05) is 0 Å². The number of halogens is 2. The molecule has 0 aromatic heterocycles. The van der Waals surface area contributed by atoms with Gasteiger partial charge in [0.1, 0.15) is 0 Å². The maximum Gasteiger partial charge on any atom is 0.251 e. The first-order valence-electron chi connectivity index (χ1n) is 8.30. The van der Waals surface area contributed by atoms with Crippen LogP contribution < -0.4 is 16.2 Å². The molecule has 142 valence electrons. The fraction of sp³-hybridized carbons (Fsp3) is 0.211. The van der Waals surface area contributed by atoms with Gasteiger partial charge >= 0.3 is 0 Å². The molecule has 8 heteroatoms. The molecule has 2 aromatic rings.